The highest BCUT2D eigenvalue weighted by molar-refractivity contribution is 5.92. The van der Waals surface area contributed by atoms with Crippen molar-refractivity contribution in [2.24, 2.45) is 0 Å². The van der Waals surface area contributed by atoms with Crippen molar-refractivity contribution >= 4 is 28.5 Å². The van der Waals surface area contributed by atoms with Crippen molar-refractivity contribution in [2.45, 2.75) is 38.3 Å². The molecule has 0 fully saturated rings. The van der Waals surface area contributed by atoms with Gasteiger partial charge in [-0.3, -0.25) is 9.78 Å². The van der Waals surface area contributed by atoms with Gasteiger partial charge in [-0.1, -0.05) is 36.4 Å². The third kappa shape index (κ3) is 7.45. The number of benzene rings is 2. The van der Waals surface area contributed by atoms with E-state index < -0.39 is 12.0 Å². The number of anilines is 1. The molecule has 3 rings (SSSR count). The molecule has 180 valence electrons. The number of fused-ring (bicyclic) bond motifs is 1. The minimum atomic E-state index is -1.04. The Morgan fingerprint density at radius 1 is 1.12 bits per heavy atom. The summed E-state index contributed by atoms with van der Waals surface area (Å²) in [6, 6.07) is 16.3. The number of carboxylic acids is 1. The van der Waals surface area contributed by atoms with Crippen molar-refractivity contribution in [3.8, 4) is 5.75 Å². The predicted octanol–water partition coefficient (Wildman–Crippen LogP) is 3.23. The molecular weight excluding hydrogens is 432 g/mol. The number of methoxy groups -OCH3 is 1. The number of nitrogens with one attached hydrogen (secondary N) is 3. The van der Waals surface area contributed by atoms with Gasteiger partial charge in [0.25, 0.3) is 0 Å². The Kier molecular flexibility index (Phi) is 9.22. The van der Waals surface area contributed by atoms with E-state index in [4.69, 9.17) is 4.74 Å². The molecule has 0 radical (unpaired) electrons. The van der Waals surface area contributed by atoms with Crippen molar-refractivity contribution in [3.05, 3.63) is 66.4 Å². The maximum atomic E-state index is 12.2. The van der Waals surface area contributed by atoms with Gasteiger partial charge in [0.2, 0.25) is 5.91 Å². The second-order valence-electron chi connectivity index (χ2n) is 8.26. The van der Waals surface area contributed by atoms with Crippen LogP contribution < -0.4 is 20.7 Å². The van der Waals surface area contributed by atoms with E-state index in [2.05, 4.69) is 27.9 Å². The van der Waals surface area contributed by atoms with E-state index in [0.29, 0.717) is 6.54 Å². The summed E-state index contributed by atoms with van der Waals surface area (Å²) in [6.45, 7) is 2.82. The summed E-state index contributed by atoms with van der Waals surface area (Å²) in [5.41, 5.74) is 2.69. The minimum Gasteiger partial charge on any atom is -0.497 e. The molecule has 0 saturated carbocycles. The molecule has 0 saturated heterocycles. The molecule has 0 aliphatic heterocycles. The molecule has 2 atom stereocenters. The molecule has 0 spiro atoms. The fourth-order valence-corrected chi connectivity index (χ4v) is 3.76. The number of carbonyl (C=O) groups excluding carboxylic acids is 1. The normalized spacial score (nSPS) is 12.6. The number of carboxylic acid groups (broad SMARTS) is 1. The van der Waals surface area contributed by atoms with E-state index in [1.54, 1.807) is 13.3 Å². The zero-order valence-electron chi connectivity index (χ0n) is 19.6. The fourth-order valence-electron chi connectivity index (χ4n) is 3.76. The van der Waals surface area contributed by atoms with Gasteiger partial charge in [-0.05, 0) is 44.0 Å². The van der Waals surface area contributed by atoms with Crippen LogP contribution in [0.3, 0.4) is 0 Å². The molecule has 0 aliphatic rings. The molecule has 2 aromatic carbocycles. The van der Waals surface area contributed by atoms with Crippen molar-refractivity contribution in [1.82, 2.24) is 15.6 Å². The standard InChI is InChI=1S/C26H32N4O4/c1-18(29-22-16-21(34-2)15-20-11-7-13-28-25(20)22)8-6-12-27-17-24(31)30-23(26(32)33)14-19-9-4-3-5-10-19/h3-5,7,9-11,13,15-16,18,23,27,29H,6,8,12,14,17H2,1-2H3,(H,30,31)(H,32,33)/t18?,23-/m0/s1. The lowest BCUT2D eigenvalue weighted by atomic mass is 10.1. The average Bonchev–Trinajstić information content (AvgIpc) is 2.83. The van der Waals surface area contributed by atoms with Gasteiger partial charge in [-0.2, -0.15) is 0 Å². The first-order valence-electron chi connectivity index (χ1n) is 11.4. The van der Waals surface area contributed by atoms with E-state index in [-0.39, 0.29) is 24.9 Å². The van der Waals surface area contributed by atoms with E-state index in [1.807, 2.05) is 54.6 Å². The summed E-state index contributed by atoms with van der Waals surface area (Å²) < 4.78 is 5.40. The van der Waals surface area contributed by atoms with Crippen LogP contribution in [0.2, 0.25) is 0 Å². The molecular formula is C26H32N4O4. The molecule has 1 aromatic heterocycles. The van der Waals surface area contributed by atoms with Crippen molar-refractivity contribution in [3.63, 3.8) is 0 Å². The van der Waals surface area contributed by atoms with Crippen LogP contribution in [0.4, 0.5) is 5.69 Å². The lowest BCUT2D eigenvalue weighted by Gasteiger charge is -2.18. The third-order valence-corrected chi connectivity index (χ3v) is 5.51. The minimum absolute atomic E-state index is 0.0742. The predicted molar refractivity (Wildman–Crippen MR) is 133 cm³/mol. The van der Waals surface area contributed by atoms with Crippen LogP contribution in [0.5, 0.6) is 5.75 Å². The number of aromatic nitrogens is 1. The molecule has 34 heavy (non-hydrogen) atoms. The zero-order chi connectivity index (χ0) is 24.3. The number of pyridine rings is 1. The summed E-state index contributed by atoms with van der Waals surface area (Å²) in [5.74, 6) is -0.602. The number of ether oxygens (including phenoxy) is 1. The highest BCUT2D eigenvalue weighted by atomic mass is 16.5. The molecule has 1 amide bonds. The molecule has 4 N–H and O–H groups in total. The van der Waals surface area contributed by atoms with Crippen LogP contribution in [0.15, 0.2) is 60.8 Å². The molecule has 8 heteroatoms. The number of aliphatic carboxylic acids is 1. The van der Waals surface area contributed by atoms with Crippen LogP contribution in [0.25, 0.3) is 10.9 Å². The third-order valence-electron chi connectivity index (χ3n) is 5.51. The van der Waals surface area contributed by atoms with Gasteiger partial charge in [0.05, 0.1) is 24.9 Å². The number of hydrogen-bond donors (Lipinski definition) is 4. The van der Waals surface area contributed by atoms with Crippen molar-refractivity contribution in [1.29, 1.82) is 0 Å². The van der Waals surface area contributed by atoms with E-state index in [9.17, 15) is 14.7 Å². The Morgan fingerprint density at radius 2 is 1.91 bits per heavy atom. The number of hydrogen-bond acceptors (Lipinski definition) is 6. The molecule has 0 bridgehead atoms. The quantitative estimate of drug-likeness (QED) is 0.287. The van der Waals surface area contributed by atoms with Gasteiger partial charge in [0, 0.05) is 30.1 Å². The lowest BCUT2D eigenvalue weighted by molar-refractivity contribution is -0.141. The first kappa shape index (κ1) is 25.0. The fraction of sp³-hybridized carbons (Fsp3) is 0.346. The number of carbonyl (C=O) groups is 2. The van der Waals surface area contributed by atoms with Crippen LogP contribution in [0.1, 0.15) is 25.3 Å². The molecule has 1 heterocycles. The summed E-state index contributed by atoms with van der Waals surface area (Å²) in [7, 11) is 1.65. The second-order valence-corrected chi connectivity index (χ2v) is 8.26. The Bertz CT molecular complexity index is 1090. The Labute approximate surface area is 199 Å². The highest BCUT2D eigenvalue weighted by Crippen LogP contribution is 2.28. The maximum Gasteiger partial charge on any atom is 0.326 e. The van der Waals surface area contributed by atoms with E-state index in [0.717, 1.165) is 40.7 Å². The zero-order valence-corrected chi connectivity index (χ0v) is 19.6. The van der Waals surface area contributed by atoms with Gasteiger partial charge in [-0.25, -0.2) is 4.79 Å². The number of amides is 1. The van der Waals surface area contributed by atoms with Crippen LogP contribution in [-0.2, 0) is 16.0 Å². The Hall–Kier alpha value is -3.65. The molecule has 1 unspecified atom stereocenters. The topological polar surface area (TPSA) is 113 Å². The molecule has 8 nitrogen and oxygen atoms in total. The smallest absolute Gasteiger partial charge is 0.326 e. The highest BCUT2D eigenvalue weighted by Gasteiger charge is 2.20. The largest absolute Gasteiger partial charge is 0.497 e. The monoisotopic (exact) mass is 464 g/mol. The molecule has 3 aromatic rings. The van der Waals surface area contributed by atoms with E-state index >= 15 is 0 Å². The first-order valence-corrected chi connectivity index (χ1v) is 11.4. The summed E-state index contributed by atoms with van der Waals surface area (Å²) in [4.78, 5) is 28.2. The van der Waals surface area contributed by atoms with Gasteiger partial charge in [0.15, 0.2) is 0 Å². The van der Waals surface area contributed by atoms with Gasteiger partial charge >= 0.3 is 5.97 Å². The van der Waals surface area contributed by atoms with Gasteiger partial charge in [0.1, 0.15) is 11.8 Å². The maximum absolute atomic E-state index is 12.2. The second kappa shape index (κ2) is 12.6. The van der Waals surface area contributed by atoms with Crippen LogP contribution in [0, 0.1) is 0 Å². The van der Waals surface area contributed by atoms with Crippen molar-refractivity contribution < 1.29 is 19.4 Å². The lowest BCUT2D eigenvalue weighted by Crippen LogP contribution is -2.45. The van der Waals surface area contributed by atoms with Crippen LogP contribution >= 0.6 is 0 Å². The summed E-state index contributed by atoms with van der Waals surface area (Å²) in [5, 5.41) is 19.6. The SMILES string of the molecule is COc1cc(NC(C)CCCNCC(=O)N[C@@H](Cc2ccccc2)C(=O)O)c2ncccc2c1. The van der Waals surface area contributed by atoms with Gasteiger partial charge < -0.3 is 25.8 Å². The van der Waals surface area contributed by atoms with Gasteiger partial charge in [-0.15, -0.1) is 0 Å². The summed E-state index contributed by atoms with van der Waals surface area (Å²) >= 11 is 0. The Morgan fingerprint density at radius 3 is 2.65 bits per heavy atom. The number of rotatable bonds is 13. The Balaban J connectivity index is 1.40. The summed E-state index contributed by atoms with van der Waals surface area (Å²) in [6.07, 6.45) is 3.75. The average molecular weight is 465 g/mol. The number of nitrogens with zero attached hydrogens (tertiary/aromatic N) is 1. The molecule has 0 aliphatic carbocycles. The van der Waals surface area contributed by atoms with Crippen molar-refractivity contribution in [2.75, 3.05) is 25.5 Å². The first-order chi connectivity index (χ1) is 16.5. The van der Waals surface area contributed by atoms with Crippen LogP contribution in [-0.4, -0.2) is 54.2 Å². The van der Waals surface area contributed by atoms with E-state index in [1.165, 1.54) is 0 Å².